The molecular weight excluding hydrogens is 202 g/mol. The minimum Gasteiger partial charge on any atom is -0.312 e. The Morgan fingerprint density at radius 3 is 2.67 bits per heavy atom. The molecule has 1 N–H and O–H groups in total. The van der Waals surface area contributed by atoms with Gasteiger partial charge in [0.2, 0.25) is 0 Å². The highest BCUT2D eigenvalue weighted by Gasteiger charge is 1.96. The third-order valence-electron chi connectivity index (χ3n) is 2.48. The molecule has 15 heavy (non-hydrogen) atoms. The molecule has 1 aromatic heterocycles. The van der Waals surface area contributed by atoms with E-state index in [9.17, 15) is 0 Å². The first-order valence-electron chi connectivity index (χ1n) is 5.94. The predicted molar refractivity (Wildman–Crippen MR) is 69.5 cm³/mol. The molecule has 0 spiro atoms. The number of rotatable bonds is 7. The molecule has 0 amide bonds. The highest BCUT2D eigenvalue weighted by molar-refractivity contribution is 7.11. The fourth-order valence-electron chi connectivity index (χ4n) is 1.59. The van der Waals surface area contributed by atoms with Gasteiger partial charge >= 0.3 is 0 Å². The Bertz CT molecular complexity index is 265. The first-order valence-corrected chi connectivity index (χ1v) is 6.76. The van der Waals surface area contributed by atoms with Crippen LogP contribution in [0.25, 0.3) is 0 Å². The van der Waals surface area contributed by atoms with Crippen molar-refractivity contribution in [3.8, 4) is 0 Å². The second-order valence-corrected chi connectivity index (χ2v) is 5.95. The molecule has 0 bridgehead atoms. The van der Waals surface area contributed by atoms with E-state index in [1.54, 1.807) is 0 Å². The van der Waals surface area contributed by atoms with Crippen molar-refractivity contribution in [2.24, 2.45) is 5.92 Å². The monoisotopic (exact) mass is 225 g/mol. The summed E-state index contributed by atoms with van der Waals surface area (Å²) >= 11 is 1.89. The maximum Gasteiger partial charge on any atom is 0.0299 e. The summed E-state index contributed by atoms with van der Waals surface area (Å²) in [5, 5.41) is 3.50. The molecule has 1 rings (SSSR count). The number of thiophene rings is 1. The average molecular weight is 225 g/mol. The van der Waals surface area contributed by atoms with Gasteiger partial charge < -0.3 is 5.32 Å². The molecular formula is C13H23NS. The zero-order valence-corrected chi connectivity index (χ0v) is 11.0. The van der Waals surface area contributed by atoms with Gasteiger partial charge in [-0.25, -0.2) is 0 Å². The molecule has 1 heterocycles. The van der Waals surface area contributed by atoms with E-state index in [2.05, 4.69) is 38.2 Å². The van der Waals surface area contributed by atoms with Crippen LogP contribution in [-0.2, 0) is 6.54 Å². The quantitative estimate of drug-likeness (QED) is 0.692. The van der Waals surface area contributed by atoms with Gasteiger partial charge in [-0.1, -0.05) is 26.7 Å². The third kappa shape index (κ3) is 5.95. The SMILES string of the molecule is Cc1ccc(CNCCCCC(C)C)s1. The number of hydrogen-bond acceptors (Lipinski definition) is 2. The van der Waals surface area contributed by atoms with E-state index >= 15 is 0 Å². The summed E-state index contributed by atoms with van der Waals surface area (Å²) in [6, 6.07) is 4.42. The number of unbranched alkanes of at least 4 members (excludes halogenated alkanes) is 1. The van der Waals surface area contributed by atoms with Gasteiger partial charge in [-0.3, -0.25) is 0 Å². The molecule has 1 nitrogen and oxygen atoms in total. The summed E-state index contributed by atoms with van der Waals surface area (Å²) in [7, 11) is 0. The van der Waals surface area contributed by atoms with Crippen LogP contribution >= 0.6 is 11.3 Å². The van der Waals surface area contributed by atoms with Crippen LogP contribution in [0.5, 0.6) is 0 Å². The molecule has 0 fully saturated rings. The van der Waals surface area contributed by atoms with Crippen molar-refractivity contribution in [3.05, 3.63) is 21.9 Å². The highest BCUT2D eigenvalue weighted by atomic mass is 32.1. The van der Waals surface area contributed by atoms with Crippen molar-refractivity contribution >= 4 is 11.3 Å². The van der Waals surface area contributed by atoms with Crippen molar-refractivity contribution in [2.75, 3.05) is 6.54 Å². The van der Waals surface area contributed by atoms with Gasteiger partial charge in [0, 0.05) is 16.3 Å². The minimum atomic E-state index is 0.852. The molecule has 2 heteroatoms. The van der Waals surface area contributed by atoms with Crippen molar-refractivity contribution in [1.29, 1.82) is 0 Å². The molecule has 0 unspecified atom stereocenters. The van der Waals surface area contributed by atoms with Gasteiger partial charge in [0.1, 0.15) is 0 Å². The van der Waals surface area contributed by atoms with Crippen LogP contribution in [0.2, 0.25) is 0 Å². The fourth-order valence-corrected chi connectivity index (χ4v) is 2.45. The van der Waals surface area contributed by atoms with Crippen molar-refractivity contribution in [2.45, 2.75) is 46.6 Å². The molecule has 0 aliphatic carbocycles. The first kappa shape index (κ1) is 12.7. The van der Waals surface area contributed by atoms with E-state index in [0.717, 1.165) is 19.0 Å². The maximum absolute atomic E-state index is 3.50. The zero-order valence-electron chi connectivity index (χ0n) is 10.2. The molecule has 0 atom stereocenters. The second-order valence-electron chi connectivity index (χ2n) is 4.58. The lowest BCUT2D eigenvalue weighted by atomic mass is 10.1. The molecule has 0 radical (unpaired) electrons. The zero-order chi connectivity index (χ0) is 11.1. The van der Waals surface area contributed by atoms with Gasteiger partial charge in [0.15, 0.2) is 0 Å². The van der Waals surface area contributed by atoms with Crippen LogP contribution in [0.15, 0.2) is 12.1 Å². The molecule has 0 saturated carbocycles. The average Bonchev–Trinajstić information content (AvgIpc) is 2.57. The van der Waals surface area contributed by atoms with Crippen LogP contribution < -0.4 is 5.32 Å². The van der Waals surface area contributed by atoms with Crippen molar-refractivity contribution in [1.82, 2.24) is 5.32 Å². The first-order chi connectivity index (χ1) is 7.18. The lowest BCUT2D eigenvalue weighted by molar-refractivity contribution is 0.521. The number of nitrogens with one attached hydrogen (secondary N) is 1. The van der Waals surface area contributed by atoms with Crippen molar-refractivity contribution < 1.29 is 0 Å². The smallest absolute Gasteiger partial charge is 0.0299 e. The second kappa shape index (κ2) is 7.02. The van der Waals surface area contributed by atoms with Crippen LogP contribution in [0.3, 0.4) is 0 Å². The minimum absolute atomic E-state index is 0.852. The lowest BCUT2D eigenvalue weighted by Gasteiger charge is -2.05. The van der Waals surface area contributed by atoms with E-state index in [0.29, 0.717) is 0 Å². The topological polar surface area (TPSA) is 12.0 Å². The van der Waals surface area contributed by atoms with Crippen LogP contribution in [0.4, 0.5) is 0 Å². The van der Waals surface area contributed by atoms with E-state index in [4.69, 9.17) is 0 Å². The summed E-state index contributed by atoms with van der Waals surface area (Å²) in [6.07, 6.45) is 4.02. The standard InChI is InChI=1S/C13H23NS/c1-11(2)6-4-5-9-14-10-13-8-7-12(3)15-13/h7-8,11,14H,4-6,9-10H2,1-3H3. The van der Waals surface area contributed by atoms with E-state index in [-0.39, 0.29) is 0 Å². The van der Waals surface area contributed by atoms with Gasteiger partial charge in [-0.15, -0.1) is 11.3 Å². The maximum atomic E-state index is 3.50. The predicted octanol–water partition coefficient (Wildman–Crippen LogP) is 3.97. The van der Waals surface area contributed by atoms with Gasteiger partial charge in [-0.05, 0) is 37.9 Å². The summed E-state index contributed by atoms with van der Waals surface area (Å²) in [4.78, 5) is 2.86. The third-order valence-corrected chi connectivity index (χ3v) is 3.48. The van der Waals surface area contributed by atoms with Gasteiger partial charge in [-0.2, -0.15) is 0 Å². The normalized spacial score (nSPS) is 11.2. The number of aryl methyl sites for hydroxylation is 1. The van der Waals surface area contributed by atoms with Crippen LogP contribution in [-0.4, -0.2) is 6.54 Å². The van der Waals surface area contributed by atoms with Crippen molar-refractivity contribution in [3.63, 3.8) is 0 Å². The Morgan fingerprint density at radius 2 is 2.07 bits per heavy atom. The molecule has 0 aromatic carbocycles. The Hall–Kier alpha value is -0.340. The Kier molecular flexibility index (Phi) is 5.96. The fraction of sp³-hybridized carbons (Fsp3) is 0.692. The van der Waals surface area contributed by atoms with Gasteiger partial charge in [0.25, 0.3) is 0 Å². The molecule has 0 saturated heterocycles. The van der Waals surface area contributed by atoms with Crippen LogP contribution in [0, 0.1) is 12.8 Å². The largest absolute Gasteiger partial charge is 0.312 e. The Morgan fingerprint density at radius 1 is 1.27 bits per heavy atom. The lowest BCUT2D eigenvalue weighted by Crippen LogP contribution is -2.13. The van der Waals surface area contributed by atoms with E-state index < -0.39 is 0 Å². The molecule has 86 valence electrons. The Labute approximate surface area is 97.9 Å². The summed E-state index contributed by atoms with van der Waals surface area (Å²) in [5.41, 5.74) is 0. The summed E-state index contributed by atoms with van der Waals surface area (Å²) in [5.74, 6) is 0.852. The molecule has 1 aromatic rings. The molecule has 0 aliphatic heterocycles. The highest BCUT2D eigenvalue weighted by Crippen LogP contribution is 2.14. The van der Waals surface area contributed by atoms with E-state index in [1.807, 2.05) is 11.3 Å². The Balaban J connectivity index is 1.98. The number of hydrogen-bond donors (Lipinski definition) is 1. The van der Waals surface area contributed by atoms with E-state index in [1.165, 1.54) is 29.0 Å². The van der Waals surface area contributed by atoms with Gasteiger partial charge in [0.05, 0.1) is 0 Å². The molecule has 0 aliphatic rings. The summed E-state index contributed by atoms with van der Waals surface area (Å²) < 4.78 is 0. The summed E-state index contributed by atoms with van der Waals surface area (Å²) in [6.45, 7) is 8.95. The van der Waals surface area contributed by atoms with Crippen LogP contribution in [0.1, 0.15) is 42.9 Å².